The molecule has 2 aromatic rings. The lowest BCUT2D eigenvalue weighted by molar-refractivity contribution is 0.0694. The molecule has 3 rings (SSSR count). The first kappa shape index (κ1) is 12.7. The number of benzene rings is 1. The van der Waals surface area contributed by atoms with Crippen molar-refractivity contribution >= 4 is 5.97 Å². The highest BCUT2D eigenvalue weighted by Gasteiger charge is 2.19. The Bertz CT molecular complexity index is 643. The predicted octanol–water partition coefficient (Wildman–Crippen LogP) is 1.73. The van der Waals surface area contributed by atoms with Crippen LogP contribution < -0.4 is 0 Å². The number of rotatable bonds is 3. The van der Waals surface area contributed by atoms with Crippen LogP contribution in [0.2, 0.25) is 0 Å². The fraction of sp³-hybridized carbons (Fsp3) is 0.267. The van der Waals surface area contributed by atoms with Gasteiger partial charge in [0.15, 0.2) is 0 Å². The molecule has 0 saturated carbocycles. The lowest BCUT2D eigenvalue weighted by Gasteiger charge is -2.27. The number of carboxylic acids is 1. The minimum Gasteiger partial charge on any atom is -0.478 e. The number of carbonyl (C=O) groups is 1. The second-order valence-electron chi connectivity index (χ2n) is 4.87. The molecule has 0 spiro atoms. The van der Waals surface area contributed by atoms with Gasteiger partial charge >= 0.3 is 5.97 Å². The standard InChI is InChI=1S/C15H15N3O2/c19-15(20)12-4-2-1-3-11(12)9-18-8-5-13-14(10-18)17-7-6-16-13/h1-4,6-7H,5,8-10H2,(H,19,20). The van der Waals surface area contributed by atoms with Crippen LogP contribution in [0.25, 0.3) is 0 Å². The molecule has 0 aliphatic carbocycles. The van der Waals surface area contributed by atoms with Crippen LogP contribution in [-0.4, -0.2) is 32.5 Å². The van der Waals surface area contributed by atoms with Crippen molar-refractivity contribution in [2.75, 3.05) is 6.54 Å². The summed E-state index contributed by atoms with van der Waals surface area (Å²) >= 11 is 0. The van der Waals surface area contributed by atoms with Crippen molar-refractivity contribution < 1.29 is 9.90 Å². The normalized spacial score (nSPS) is 14.8. The van der Waals surface area contributed by atoms with Gasteiger partial charge in [0.05, 0.1) is 17.0 Å². The van der Waals surface area contributed by atoms with Crippen molar-refractivity contribution in [2.24, 2.45) is 0 Å². The summed E-state index contributed by atoms with van der Waals surface area (Å²) in [7, 11) is 0. The van der Waals surface area contributed by atoms with E-state index in [1.54, 1.807) is 24.5 Å². The zero-order chi connectivity index (χ0) is 13.9. The molecule has 1 N–H and O–H groups in total. The number of carboxylic acid groups (broad SMARTS) is 1. The van der Waals surface area contributed by atoms with Crippen LogP contribution in [0.4, 0.5) is 0 Å². The third-order valence-corrected chi connectivity index (χ3v) is 3.54. The molecule has 5 heteroatoms. The van der Waals surface area contributed by atoms with Gasteiger partial charge in [-0.15, -0.1) is 0 Å². The van der Waals surface area contributed by atoms with E-state index in [2.05, 4.69) is 14.9 Å². The smallest absolute Gasteiger partial charge is 0.336 e. The molecule has 20 heavy (non-hydrogen) atoms. The third kappa shape index (κ3) is 2.53. The zero-order valence-electron chi connectivity index (χ0n) is 11.0. The van der Waals surface area contributed by atoms with Crippen molar-refractivity contribution in [3.05, 3.63) is 59.2 Å². The van der Waals surface area contributed by atoms with E-state index in [1.807, 2.05) is 12.1 Å². The molecule has 102 valence electrons. The molecule has 0 bridgehead atoms. The van der Waals surface area contributed by atoms with Crippen LogP contribution in [0.3, 0.4) is 0 Å². The minimum atomic E-state index is -0.877. The Morgan fingerprint density at radius 3 is 2.75 bits per heavy atom. The second kappa shape index (κ2) is 5.38. The Morgan fingerprint density at radius 1 is 1.20 bits per heavy atom. The Kier molecular flexibility index (Phi) is 3.43. The molecular weight excluding hydrogens is 254 g/mol. The summed E-state index contributed by atoms with van der Waals surface area (Å²) in [5, 5.41) is 9.21. The number of aromatic nitrogens is 2. The van der Waals surface area contributed by atoms with Crippen LogP contribution in [0.15, 0.2) is 36.7 Å². The van der Waals surface area contributed by atoms with E-state index in [0.717, 1.165) is 36.5 Å². The zero-order valence-corrected chi connectivity index (χ0v) is 11.0. The SMILES string of the molecule is O=C(O)c1ccccc1CN1CCc2nccnc2C1. The average Bonchev–Trinajstić information content (AvgIpc) is 2.47. The van der Waals surface area contributed by atoms with Gasteiger partial charge in [-0.3, -0.25) is 14.9 Å². The number of hydrogen-bond acceptors (Lipinski definition) is 4. The Balaban J connectivity index is 1.79. The fourth-order valence-electron chi connectivity index (χ4n) is 2.53. The molecule has 2 heterocycles. The van der Waals surface area contributed by atoms with Crippen molar-refractivity contribution in [3.63, 3.8) is 0 Å². The summed E-state index contributed by atoms with van der Waals surface area (Å²) in [4.78, 5) is 22.1. The molecular formula is C15H15N3O2. The van der Waals surface area contributed by atoms with E-state index < -0.39 is 5.97 Å². The van der Waals surface area contributed by atoms with Gasteiger partial charge in [-0.05, 0) is 11.6 Å². The Labute approximate surface area is 116 Å². The van der Waals surface area contributed by atoms with Gasteiger partial charge in [-0.1, -0.05) is 18.2 Å². The number of fused-ring (bicyclic) bond motifs is 1. The van der Waals surface area contributed by atoms with E-state index >= 15 is 0 Å². The Morgan fingerprint density at radius 2 is 1.95 bits per heavy atom. The summed E-state index contributed by atoms with van der Waals surface area (Å²) < 4.78 is 0. The monoisotopic (exact) mass is 269 g/mol. The van der Waals surface area contributed by atoms with Crippen molar-refractivity contribution in [2.45, 2.75) is 19.5 Å². The highest BCUT2D eigenvalue weighted by molar-refractivity contribution is 5.89. The summed E-state index contributed by atoms with van der Waals surface area (Å²) in [6.45, 7) is 2.22. The largest absolute Gasteiger partial charge is 0.478 e. The predicted molar refractivity (Wildman–Crippen MR) is 73.3 cm³/mol. The number of aromatic carboxylic acids is 1. The molecule has 0 fully saturated rings. The van der Waals surface area contributed by atoms with Crippen LogP contribution in [-0.2, 0) is 19.5 Å². The summed E-state index contributed by atoms with van der Waals surface area (Å²) in [5.41, 5.74) is 3.26. The third-order valence-electron chi connectivity index (χ3n) is 3.54. The first-order chi connectivity index (χ1) is 9.74. The molecule has 0 amide bonds. The average molecular weight is 269 g/mol. The lowest BCUT2D eigenvalue weighted by atomic mass is 10.1. The van der Waals surface area contributed by atoms with Gasteiger partial charge in [-0.25, -0.2) is 4.79 Å². The topological polar surface area (TPSA) is 66.3 Å². The van der Waals surface area contributed by atoms with Gasteiger partial charge in [0.25, 0.3) is 0 Å². The molecule has 1 aliphatic heterocycles. The van der Waals surface area contributed by atoms with Gasteiger partial charge in [0.2, 0.25) is 0 Å². The van der Waals surface area contributed by atoms with Crippen LogP contribution in [0, 0.1) is 0 Å². The van der Waals surface area contributed by atoms with Crippen LogP contribution in [0.5, 0.6) is 0 Å². The van der Waals surface area contributed by atoms with E-state index in [-0.39, 0.29) is 0 Å². The molecule has 0 saturated heterocycles. The quantitative estimate of drug-likeness (QED) is 0.919. The summed E-state index contributed by atoms with van der Waals surface area (Å²) in [5.74, 6) is -0.877. The van der Waals surface area contributed by atoms with Crippen molar-refractivity contribution in [3.8, 4) is 0 Å². The maximum atomic E-state index is 11.2. The summed E-state index contributed by atoms with van der Waals surface area (Å²) in [6, 6.07) is 7.15. The minimum absolute atomic E-state index is 0.373. The Hall–Kier alpha value is -2.27. The lowest BCUT2D eigenvalue weighted by Crippen LogP contribution is -2.31. The van der Waals surface area contributed by atoms with E-state index in [1.165, 1.54) is 0 Å². The highest BCUT2D eigenvalue weighted by Crippen LogP contribution is 2.18. The van der Waals surface area contributed by atoms with E-state index in [9.17, 15) is 9.90 Å². The number of nitrogens with zero attached hydrogens (tertiary/aromatic N) is 3. The maximum Gasteiger partial charge on any atom is 0.336 e. The molecule has 0 atom stereocenters. The molecule has 1 aromatic heterocycles. The van der Waals surface area contributed by atoms with Gasteiger partial charge in [0, 0.05) is 38.4 Å². The maximum absolute atomic E-state index is 11.2. The molecule has 0 unspecified atom stereocenters. The molecule has 0 radical (unpaired) electrons. The van der Waals surface area contributed by atoms with Crippen molar-refractivity contribution in [1.82, 2.24) is 14.9 Å². The van der Waals surface area contributed by atoms with Gasteiger partial charge in [0.1, 0.15) is 0 Å². The van der Waals surface area contributed by atoms with Gasteiger partial charge in [-0.2, -0.15) is 0 Å². The van der Waals surface area contributed by atoms with Crippen LogP contribution >= 0.6 is 0 Å². The number of hydrogen-bond donors (Lipinski definition) is 1. The molecule has 5 nitrogen and oxygen atoms in total. The van der Waals surface area contributed by atoms with E-state index in [0.29, 0.717) is 12.1 Å². The van der Waals surface area contributed by atoms with Crippen molar-refractivity contribution in [1.29, 1.82) is 0 Å². The second-order valence-corrected chi connectivity index (χ2v) is 4.87. The molecule has 1 aromatic carbocycles. The highest BCUT2D eigenvalue weighted by atomic mass is 16.4. The fourth-order valence-corrected chi connectivity index (χ4v) is 2.53. The summed E-state index contributed by atoms with van der Waals surface area (Å²) in [6.07, 6.45) is 4.28. The molecule has 1 aliphatic rings. The first-order valence-corrected chi connectivity index (χ1v) is 6.56. The van der Waals surface area contributed by atoms with E-state index in [4.69, 9.17) is 0 Å². The first-order valence-electron chi connectivity index (χ1n) is 6.56. The van der Waals surface area contributed by atoms with Gasteiger partial charge < -0.3 is 5.11 Å². The van der Waals surface area contributed by atoms with Crippen LogP contribution in [0.1, 0.15) is 27.3 Å².